The Morgan fingerprint density at radius 2 is 1.90 bits per heavy atom. The highest BCUT2D eigenvalue weighted by atomic mass is 35.5. The summed E-state index contributed by atoms with van der Waals surface area (Å²) in [6.07, 6.45) is 1.58. The molecule has 2 aromatic carbocycles. The Bertz CT molecular complexity index is 830. The van der Waals surface area contributed by atoms with E-state index in [-0.39, 0.29) is 0 Å². The van der Waals surface area contributed by atoms with Gasteiger partial charge in [0, 0.05) is 11.3 Å². The average Bonchev–Trinajstić information content (AvgIpc) is 2.97. The summed E-state index contributed by atoms with van der Waals surface area (Å²) in [6.45, 7) is 0. The molecule has 0 aliphatic rings. The smallest absolute Gasteiger partial charge is 0.181 e. The van der Waals surface area contributed by atoms with Crippen LogP contribution in [0, 0.1) is 11.3 Å². The Balaban J connectivity index is 1.99. The standard InChI is InChI=1S/C15H10ClN5/c16-13-7-10(8-17)1-6-14(13)21-9-19-15(20-21)11-2-4-12(18)5-3-11/h1-7,9H,18H2. The van der Waals surface area contributed by atoms with Crippen LogP contribution in [-0.2, 0) is 0 Å². The molecule has 1 aromatic heterocycles. The number of anilines is 1. The van der Waals surface area contributed by atoms with E-state index in [1.165, 1.54) is 0 Å². The van der Waals surface area contributed by atoms with Crippen molar-refractivity contribution in [3.05, 3.63) is 59.4 Å². The molecule has 0 unspecified atom stereocenters. The molecule has 0 amide bonds. The zero-order chi connectivity index (χ0) is 14.8. The van der Waals surface area contributed by atoms with E-state index < -0.39 is 0 Å². The fraction of sp³-hybridized carbons (Fsp3) is 0. The summed E-state index contributed by atoms with van der Waals surface area (Å²) in [7, 11) is 0. The molecule has 0 aliphatic carbocycles. The van der Waals surface area contributed by atoms with Gasteiger partial charge in [-0.25, -0.2) is 9.67 Å². The molecule has 1 heterocycles. The molecule has 0 atom stereocenters. The predicted octanol–water partition coefficient (Wildman–Crippen LogP) is 3.04. The molecular formula is C15H10ClN5. The highest BCUT2D eigenvalue weighted by Crippen LogP contribution is 2.23. The van der Waals surface area contributed by atoms with E-state index >= 15 is 0 Å². The van der Waals surface area contributed by atoms with E-state index in [1.807, 2.05) is 18.2 Å². The largest absolute Gasteiger partial charge is 0.399 e. The topological polar surface area (TPSA) is 80.5 Å². The molecule has 0 saturated carbocycles. The minimum atomic E-state index is 0.447. The molecule has 0 fully saturated rings. The second kappa shape index (κ2) is 5.27. The van der Waals surface area contributed by atoms with Crippen LogP contribution in [0.3, 0.4) is 0 Å². The monoisotopic (exact) mass is 295 g/mol. The fourth-order valence-corrected chi connectivity index (χ4v) is 2.17. The number of nitrogen functional groups attached to an aromatic ring is 1. The second-order valence-corrected chi connectivity index (χ2v) is 4.82. The summed E-state index contributed by atoms with van der Waals surface area (Å²) < 4.78 is 1.58. The van der Waals surface area contributed by atoms with Crippen LogP contribution in [0.15, 0.2) is 48.8 Å². The molecule has 0 bridgehead atoms. The van der Waals surface area contributed by atoms with Gasteiger partial charge in [-0.15, -0.1) is 5.10 Å². The van der Waals surface area contributed by atoms with Crippen LogP contribution in [0.4, 0.5) is 5.69 Å². The number of hydrogen-bond acceptors (Lipinski definition) is 4. The van der Waals surface area contributed by atoms with Crippen molar-refractivity contribution in [1.82, 2.24) is 14.8 Å². The van der Waals surface area contributed by atoms with Gasteiger partial charge < -0.3 is 5.73 Å². The van der Waals surface area contributed by atoms with Gasteiger partial charge in [0.25, 0.3) is 0 Å². The molecule has 5 nitrogen and oxygen atoms in total. The van der Waals surface area contributed by atoms with Gasteiger partial charge in [-0.2, -0.15) is 5.26 Å². The summed E-state index contributed by atoms with van der Waals surface area (Å²) in [6, 6.07) is 14.4. The molecule has 21 heavy (non-hydrogen) atoms. The zero-order valence-electron chi connectivity index (χ0n) is 10.9. The van der Waals surface area contributed by atoms with E-state index in [9.17, 15) is 0 Å². The minimum absolute atomic E-state index is 0.447. The van der Waals surface area contributed by atoms with Gasteiger partial charge in [0.1, 0.15) is 6.33 Å². The molecule has 0 radical (unpaired) electrons. The van der Waals surface area contributed by atoms with Gasteiger partial charge in [-0.1, -0.05) is 11.6 Å². The maximum absolute atomic E-state index is 8.85. The van der Waals surface area contributed by atoms with Gasteiger partial charge in [0.05, 0.1) is 22.3 Å². The van der Waals surface area contributed by atoms with Gasteiger partial charge in [-0.3, -0.25) is 0 Å². The molecule has 2 N–H and O–H groups in total. The van der Waals surface area contributed by atoms with E-state index in [0.29, 0.717) is 27.8 Å². The maximum atomic E-state index is 8.85. The second-order valence-electron chi connectivity index (χ2n) is 4.41. The van der Waals surface area contributed by atoms with E-state index in [4.69, 9.17) is 22.6 Å². The normalized spacial score (nSPS) is 10.3. The average molecular weight is 296 g/mol. The van der Waals surface area contributed by atoms with E-state index in [1.54, 1.807) is 41.3 Å². The Kier molecular flexibility index (Phi) is 3.30. The number of nitrogens with two attached hydrogens (primary N) is 1. The van der Waals surface area contributed by atoms with Gasteiger partial charge in [0.15, 0.2) is 5.82 Å². The first-order chi connectivity index (χ1) is 10.2. The number of nitrogens with zero attached hydrogens (tertiary/aromatic N) is 4. The van der Waals surface area contributed by atoms with Crippen molar-refractivity contribution in [2.45, 2.75) is 0 Å². The Morgan fingerprint density at radius 3 is 2.57 bits per heavy atom. The van der Waals surface area contributed by atoms with E-state index in [2.05, 4.69) is 10.1 Å². The Hall–Kier alpha value is -2.84. The highest BCUT2D eigenvalue weighted by Gasteiger charge is 2.09. The molecule has 102 valence electrons. The van der Waals surface area contributed by atoms with Crippen molar-refractivity contribution >= 4 is 17.3 Å². The zero-order valence-corrected chi connectivity index (χ0v) is 11.6. The lowest BCUT2D eigenvalue weighted by molar-refractivity contribution is 0.882. The highest BCUT2D eigenvalue weighted by molar-refractivity contribution is 6.32. The van der Waals surface area contributed by atoms with Crippen LogP contribution in [0.25, 0.3) is 17.1 Å². The van der Waals surface area contributed by atoms with Crippen LogP contribution in [0.1, 0.15) is 5.56 Å². The summed E-state index contributed by atoms with van der Waals surface area (Å²) in [5.74, 6) is 0.579. The third-order valence-electron chi connectivity index (χ3n) is 2.98. The van der Waals surface area contributed by atoms with Crippen LogP contribution >= 0.6 is 11.6 Å². The number of aromatic nitrogens is 3. The maximum Gasteiger partial charge on any atom is 0.181 e. The Labute approximate surface area is 126 Å². The molecule has 0 saturated heterocycles. The first kappa shape index (κ1) is 13.2. The SMILES string of the molecule is N#Cc1ccc(-n2cnc(-c3ccc(N)cc3)n2)c(Cl)c1. The summed E-state index contributed by atoms with van der Waals surface area (Å²) in [5.41, 5.74) is 8.39. The summed E-state index contributed by atoms with van der Waals surface area (Å²) in [5, 5.41) is 13.7. The lowest BCUT2D eigenvalue weighted by atomic mass is 10.2. The lowest BCUT2D eigenvalue weighted by Gasteiger charge is -2.03. The quantitative estimate of drug-likeness (QED) is 0.737. The van der Waals surface area contributed by atoms with Gasteiger partial charge >= 0.3 is 0 Å². The number of rotatable bonds is 2. The number of benzene rings is 2. The molecule has 3 aromatic rings. The molecule has 0 spiro atoms. The van der Waals surface area contributed by atoms with Crippen molar-refractivity contribution < 1.29 is 0 Å². The van der Waals surface area contributed by atoms with Crippen LogP contribution in [0.5, 0.6) is 0 Å². The third-order valence-corrected chi connectivity index (χ3v) is 3.29. The van der Waals surface area contributed by atoms with Crippen molar-refractivity contribution in [2.24, 2.45) is 0 Å². The Morgan fingerprint density at radius 1 is 1.14 bits per heavy atom. The van der Waals surface area contributed by atoms with Crippen LogP contribution in [-0.4, -0.2) is 14.8 Å². The minimum Gasteiger partial charge on any atom is -0.399 e. The molecule has 0 aliphatic heterocycles. The van der Waals surface area contributed by atoms with Gasteiger partial charge in [-0.05, 0) is 42.5 Å². The van der Waals surface area contributed by atoms with Crippen molar-refractivity contribution in [3.8, 4) is 23.1 Å². The third kappa shape index (κ3) is 2.57. The number of nitriles is 1. The predicted molar refractivity (Wildman–Crippen MR) is 80.9 cm³/mol. The van der Waals surface area contributed by atoms with Crippen molar-refractivity contribution in [3.63, 3.8) is 0 Å². The molecular weight excluding hydrogens is 286 g/mol. The van der Waals surface area contributed by atoms with Crippen molar-refractivity contribution in [1.29, 1.82) is 5.26 Å². The van der Waals surface area contributed by atoms with Gasteiger partial charge in [0.2, 0.25) is 0 Å². The number of halogens is 1. The molecule has 3 rings (SSSR count). The van der Waals surface area contributed by atoms with Crippen molar-refractivity contribution in [2.75, 3.05) is 5.73 Å². The summed E-state index contributed by atoms with van der Waals surface area (Å²) in [4.78, 5) is 4.26. The van der Waals surface area contributed by atoms with Crippen LogP contribution < -0.4 is 5.73 Å². The first-order valence-corrected chi connectivity index (χ1v) is 6.53. The lowest BCUT2D eigenvalue weighted by Crippen LogP contribution is -1.96. The summed E-state index contributed by atoms with van der Waals surface area (Å²) >= 11 is 6.16. The fourth-order valence-electron chi connectivity index (χ4n) is 1.91. The van der Waals surface area contributed by atoms with Crippen LogP contribution in [0.2, 0.25) is 5.02 Å². The molecule has 6 heteroatoms. The number of hydrogen-bond donors (Lipinski definition) is 1. The van der Waals surface area contributed by atoms with E-state index in [0.717, 1.165) is 5.56 Å². The first-order valence-electron chi connectivity index (χ1n) is 6.15.